The summed E-state index contributed by atoms with van der Waals surface area (Å²) in [5.41, 5.74) is -0.763. The van der Waals surface area contributed by atoms with Gasteiger partial charge in [-0.15, -0.1) is 0 Å². The van der Waals surface area contributed by atoms with Gasteiger partial charge in [-0.1, -0.05) is 0 Å². The Balaban J connectivity index is 1.78. The van der Waals surface area contributed by atoms with Crippen LogP contribution in [0.15, 0.2) is 21.3 Å². The lowest BCUT2D eigenvalue weighted by atomic mass is 9.88. The first-order chi connectivity index (χ1) is 9.54. The maximum Gasteiger partial charge on any atom is 0.340 e. The number of hydrogen-bond donors (Lipinski definition) is 2. The minimum atomic E-state index is -0.763. The van der Waals surface area contributed by atoms with Gasteiger partial charge in [0.1, 0.15) is 5.75 Å². The highest BCUT2D eigenvalue weighted by Crippen LogP contribution is 2.28. The van der Waals surface area contributed by atoms with Gasteiger partial charge in [-0.2, -0.15) is 0 Å². The van der Waals surface area contributed by atoms with E-state index in [0.717, 1.165) is 12.1 Å². The zero-order valence-corrected chi connectivity index (χ0v) is 10.7. The molecule has 0 bridgehead atoms. The molecule has 7 heteroatoms. The Kier molecular flexibility index (Phi) is 2.96. The summed E-state index contributed by atoms with van der Waals surface area (Å²) in [6.07, 6.45) is 0.602. The number of likely N-dealkylation sites (tertiary alicyclic amines) is 1. The summed E-state index contributed by atoms with van der Waals surface area (Å²) >= 11 is 0. The monoisotopic (exact) mass is 278 g/mol. The molecule has 2 fully saturated rings. The summed E-state index contributed by atoms with van der Waals surface area (Å²) in [4.78, 5) is 36.5. The van der Waals surface area contributed by atoms with E-state index in [1.807, 2.05) is 0 Å². The van der Waals surface area contributed by atoms with Gasteiger partial charge in [0.15, 0.2) is 5.76 Å². The highest BCUT2D eigenvalue weighted by atomic mass is 16.4. The smallest absolute Gasteiger partial charge is 0.340 e. The van der Waals surface area contributed by atoms with Crippen molar-refractivity contribution in [2.45, 2.75) is 6.42 Å². The largest absolute Gasteiger partial charge is 0.508 e. The Morgan fingerprint density at radius 1 is 1.40 bits per heavy atom. The fourth-order valence-corrected chi connectivity index (χ4v) is 2.86. The third kappa shape index (κ3) is 2.15. The van der Waals surface area contributed by atoms with Crippen LogP contribution in [0.25, 0.3) is 0 Å². The van der Waals surface area contributed by atoms with Crippen LogP contribution in [-0.2, 0) is 4.79 Å². The number of nitrogens with one attached hydrogen (secondary N) is 1. The first-order valence-electron chi connectivity index (χ1n) is 6.46. The molecule has 0 radical (unpaired) electrons. The van der Waals surface area contributed by atoms with Crippen LogP contribution >= 0.6 is 0 Å². The van der Waals surface area contributed by atoms with Crippen LogP contribution in [0.1, 0.15) is 17.0 Å². The fourth-order valence-electron chi connectivity index (χ4n) is 2.86. The van der Waals surface area contributed by atoms with E-state index in [0.29, 0.717) is 26.1 Å². The molecule has 3 rings (SSSR count). The fraction of sp³-hybridized carbons (Fsp3) is 0.462. The molecule has 0 saturated carbocycles. The second-order valence-corrected chi connectivity index (χ2v) is 5.15. The zero-order valence-electron chi connectivity index (χ0n) is 10.7. The number of carbonyl (C=O) groups is 2. The predicted octanol–water partition coefficient (Wildman–Crippen LogP) is -0.447. The molecule has 0 unspecified atom stereocenters. The Morgan fingerprint density at radius 2 is 2.20 bits per heavy atom. The predicted molar refractivity (Wildman–Crippen MR) is 67.2 cm³/mol. The van der Waals surface area contributed by atoms with E-state index in [1.54, 1.807) is 4.90 Å². The molecule has 1 aromatic rings. The molecule has 2 amide bonds. The standard InChI is InChI=1S/C13H14N2O5/c16-8-3-10(20-11(17)4-8)13(19)15-2-1-9-7(6-15)5-14-12(9)18/h3-4,7,9,16H,1-2,5-6H2,(H,14,18)/t7-,9+/m0/s1. The van der Waals surface area contributed by atoms with Crippen LogP contribution in [0.2, 0.25) is 0 Å². The van der Waals surface area contributed by atoms with Gasteiger partial charge in [0.05, 0.1) is 6.07 Å². The number of piperidine rings is 1. The molecule has 0 aromatic carbocycles. The van der Waals surface area contributed by atoms with Crippen molar-refractivity contribution in [2.24, 2.45) is 11.8 Å². The maximum atomic E-state index is 12.3. The van der Waals surface area contributed by atoms with Crippen molar-refractivity contribution in [3.05, 3.63) is 28.3 Å². The van der Waals surface area contributed by atoms with Crippen molar-refractivity contribution >= 4 is 11.8 Å². The average Bonchev–Trinajstić information content (AvgIpc) is 2.78. The third-order valence-electron chi connectivity index (χ3n) is 3.86. The minimum Gasteiger partial charge on any atom is -0.508 e. The van der Waals surface area contributed by atoms with Crippen LogP contribution in [-0.4, -0.2) is 41.5 Å². The normalized spacial score (nSPS) is 25.2. The third-order valence-corrected chi connectivity index (χ3v) is 3.86. The van der Waals surface area contributed by atoms with Crippen molar-refractivity contribution in [1.29, 1.82) is 0 Å². The molecule has 2 N–H and O–H groups in total. The van der Waals surface area contributed by atoms with Crippen LogP contribution in [0.4, 0.5) is 0 Å². The first-order valence-corrected chi connectivity index (χ1v) is 6.46. The lowest BCUT2D eigenvalue weighted by molar-refractivity contribution is -0.123. The van der Waals surface area contributed by atoms with Gasteiger partial charge in [0, 0.05) is 37.5 Å². The zero-order chi connectivity index (χ0) is 14.3. The average molecular weight is 278 g/mol. The Labute approximate surface area is 114 Å². The summed E-state index contributed by atoms with van der Waals surface area (Å²) in [7, 11) is 0. The molecule has 2 aliphatic rings. The number of aromatic hydroxyl groups is 1. The van der Waals surface area contributed by atoms with E-state index in [-0.39, 0.29) is 29.3 Å². The van der Waals surface area contributed by atoms with Gasteiger partial charge < -0.3 is 19.7 Å². The van der Waals surface area contributed by atoms with Crippen molar-refractivity contribution < 1.29 is 19.1 Å². The molecule has 2 aliphatic heterocycles. The van der Waals surface area contributed by atoms with Crippen molar-refractivity contribution in [2.75, 3.05) is 19.6 Å². The molecule has 3 heterocycles. The van der Waals surface area contributed by atoms with E-state index >= 15 is 0 Å². The Hall–Kier alpha value is -2.31. The number of rotatable bonds is 1. The van der Waals surface area contributed by atoms with Gasteiger partial charge in [0.25, 0.3) is 5.91 Å². The topological polar surface area (TPSA) is 99.9 Å². The van der Waals surface area contributed by atoms with E-state index in [4.69, 9.17) is 4.42 Å². The Morgan fingerprint density at radius 3 is 2.95 bits per heavy atom. The second kappa shape index (κ2) is 4.66. The van der Waals surface area contributed by atoms with Crippen LogP contribution in [0.5, 0.6) is 5.75 Å². The van der Waals surface area contributed by atoms with E-state index in [2.05, 4.69) is 5.32 Å². The van der Waals surface area contributed by atoms with Crippen LogP contribution < -0.4 is 10.9 Å². The second-order valence-electron chi connectivity index (χ2n) is 5.15. The van der Waals surface area contributed by atoms with Gasteiger partial charge in [-0.25, -0.2) is 4.79 Å². The van der Waals surface area contributed by atoms with E-state index in [1.165, 1.54) is 0 Å². The summed E-state index contributed by atoms with van der Waals surface area (Å²) in [6, 6.07) is 2.04. The molecule has 0 spiro atoms. The molecular formula is C13H14N2O5. The van der Waals surface area contributed by atoms with Crippen LogP contribution in [0, 0.1) is 11.8 Å². The molecule has 0 aliphatic carbocycles. The number of fused-ring (bicyclic) bond motifs is 1. The van der Waals surface area contributed by atoms with Gasteiger partial charge in [-0.3, -0.25) is 9.59 Å². The SMILES string of the molecule is O=C1NC[C@H]2CN(C(=O)c3cc(O)cc(=O)o3)CC[C@@H]12. The summed E-state index contributed by atoms with van der Waals surface area (Å²) in [6.45, 7) is 1.45. The van der Waals surface area contributed by atoms with Crippen molar-refractivity contribution in [1.82, 2.24) is 10.2 Å². The number of amides is 2. The number of hydrogen-bond acceptors (Lipinski definition) is 5. The highest BCUT2D eigenvalue weighted by molar-refractivity contribution is 5.92. The van der Waals surface area contributed by atoms with E-state index < -0.39 is 11.5 Å². The summed E-state index contributed by atoms with van der Waals surface area (Å²) < 4.78 is 4.82. The molecule has 7 nitrogen and oxygen atoms in total. The lowest BCUT2D eigenvalue weighted by Crippen LogP contribution is -2.44. The minimum absolute atomic E-state index is 0.0322. The quantitative estimate of drug-likeness (QED) is 0.725. The van der Waals surface area contributed by atoms with Gasteiger partial charge in [-0.05, 0) is 6.42 Å². The number of nitrogens with zero attached hydrogens (tertiary/aromatic N) is 1. The maximum absolute atomic E-state index is 12.3. The van der Waals surface area contributed by atoms with E-state index in [9.17, 15) is 19.5 Å². The molecule has 1 aromatic heterocycles. The van der Waals surface area contributed by atoms with Crippen molar-refractivity contribution in [3.8, 4) is 5.75 Å². The summed E-state index contributed by atoms with van der Waals surface area (Å²) in [5, 5.41) is 12.1. The first kappa shape index (κ1) is 12.7. The molecule has 20 heavy (non-hydrogen) atoms. The molecular weight excluding hydrogens is 264 g/mol. The Bertz CT molecular complexity index is 623. The van der Waals surface area contributed by atoms with Gasteiger partial charge >= 0.3 is 5.63 Å². The van der Waals surface area contributed by atoms with Crippen molar-refractivity contribution in [3.63, 3.8) is 0 Å². The summed E-state index contributed by atoms with van der Waals surface area (Å²) in [5.74, 6) is -0.788. The van der Waals surface area contributed by atoms with Gasteiger partial charge in [0.2, 0.25) is 5.91 Å². The number of carbonyl (C=O) groups excluding carboxylic acids is 2. The lowest BCUT2D eigenvalue weighted by Gasteiger charge is -2.32. The molecule has 2 saturated heterocycles. The molecule has 106 valence electrons. The van der Waals surface area contributed by atoms with Crippen LogP contribution in [0.3, 0.4) is 0 Å². The molecule has 2 atom stereocenters. The highest BCUT2D eigenvalue weighted by Gasteiger charge is 2.40.